The topological polar surface area (TPSA) is 33.4 Å². The Morgan fingerprint density at radius 3 is 2.83 bits per heavy atom. The van der Waals surface area contributed by atoms with Crippen molar-refractivity contribution in [3.05, 3.63) is 64.5 Å². The molecule has 0 unspecified atom stereocenters. The lowest BCUT2D eigenvalue weighted by molar-refractivity contribution is 0.315. The summed E-state index contributed by atoms with van der Waals surface area (Å²) in [6, 6.07) is 12.0. The summed E-state index contributed by atoms with van der Waals surface area (Å²) in [4.78, 5) is 11.5. The Kier molecular flexibility index (Phi) is 3.77. The van der Waals surface area contributed by atoms with Gasteiger partial charge in [0.15, 0.2) is 0 Å². The van der Waals surface area contributed by atoms with Crippen molar-refractivity contribution in [2.24, 2.45) is 0 Å². The highest BCUT2D eigenvalue weighted by molar-refractivity contribution is 7.18. The molecule has 0 bridgehead atoms. The maximum Gasteiger partial charge on any atom is 0.137 e. The minimum Gasteiger partial charge on any atom is -0.305 e. The SMILES string of the molecule is CN(Cc1cn2cc(Cl)ccc2n1)Cc1nc2ccccc2s1. The van der Waals surface area contributed by atoms with Crippen LogP contribution in [0.3, 0.4) is 0 Å². The van der Waals surface area contributed by atoms with Gasteiger partial charge in [0.05, 0.1) is 27.5 Å². The largest absolute Gasteiger partial charge is 0.305 e. The molecule has 0 spiro atoms. The monoisotopic (exact) mass is 342 g/mol. The van der Waals surface area contributed by atoms with Crippen molar-refractivity contribution in [2.75, 3.05) is 7.05 Å². The minimum atomic E-state index is 0.712. The van der Waals surface area contributed by atoms with Crippen molar-refractivity contribution in [2.45, 2.75) is 13.1 Å². The number of halogens is 1. The van der Waals surface area contributed by atoms with Crippen molar-refractivity contribution in [1.29, 1.82) is 0 Å². The molecule has 0 saturated carbocycles. The number of nitrogens with zero attached hydrogens (tertiary/aromatic N) is 4. The van der Waals surface area contributed by atoms with E-state index in [0.717, 1.165) is 35.0 Å². The molecule has 116 valence electrons. The average Bonchev–Trinajstić information content (AvgIpc) is 3.08. The lowest BCUT2D eigenvalue weighted by Gasteiger charge is -2.12. The van der Waals surface area contributed by atoms with Crippen LogP contribution in [0, 0.1) is 0 Å². The van der Waals surface area contributed by atoms with Gasteiger partial charge in [0.1, 0.15) is 10.7 Å². The molecule has 0 amide bonds. The number of hydrogen-bond acceptors (Lipinski definition) is 4. The van der Waals surface area contributed by atoms with Gasteiger partial charge in [-0.2, -0.15) is 0 Å². The van der Waals surface area contributed by atoms with Crippen molar-refractivity contribution >= 4 is 38.8 Å². The number of hydrogen-bond donors (Lipinski definition) is 0. The fourth-order valence-corrected chi connectivity index (χ4v) is 3.86. The van der Waals surface area contributed by atoms with Crippen LogP contribution in [0.5, 0.6) is 0 Å². The standard InChI is InChI=1S/C17H15ClN4S/c1-21(11-17-20-14-4-2-3-5-15(14)23-17)9-13-10-22-8-12(18)6-7-16(22)19-13/h2-8,10H,9,11H2,1H3. The number of pyridine rings is 1. The predicted octanol–water partition coefficient (Wildman–Crippen LogP) is 4.23. The molecule has 0 N–H and O–H groups in total. The number of thiazole rings is 1. The Bertz CT molecular complexity index is 942. The first-order chi connectivity index (χ1) is 11.2. The van der Waals surface area contributed by atoms with Gasteiger partial charge in [-0.05, 0) is 31.3 Å². The molecule has 3 heterocycles. The Labute approximate surface area is 143 Å². The van der Waals surface area contributed by atoms with Crippen LogP contribution >= 0.6 is 22.9 Å². The normalized spacial score (nSPS) is 11.8. The van der Waals surface area contributed by atoms with E-state index in [0.29, 0.717) is 5.02 Å². The van der Waals surface area contributed by atoms with Gasteiger partial charge in [-0.25, -0.2) is 9.97 Å². The maximum atomic E-state index is 6.01. The number of imidazole rings is 1. The Hall–Kier alpha value is -1.95. The van der Waals surface area contributed by atoms with E-state index in [9.17, 15) is 0 Å². The van der Waals surface area contributed by atoms with Gasteiger partial charge >= 0.3 is 0 Å². The molecular weight excluding hydrogens is 328 g/mol. The van der Waals surface area contributed by atoms with E-state index in [4.69, 9.17) is 11.6 Å². The summed E-state index contributed by atoms with van der Waals surface area (Å²) in [6.07, 6.45) is 3.90. The molecule has 0 fully saturated rings. The zero-order chi connectivity index (χ0) is 15.8. The van der Waals surface area contributed by atoms with Crippen LogP contribution in [-0.4, -0.2) is 26.3 Å². The molecule has 0 radical (unpaired) electrons. The van der Waals surface area contributed by atoms with Gasteiger partial charge in [-0.1, -0.05) is 23.7 Å². The summed E-state index contributed by atoms with van der Waals surface area (Å²) in [5.41, 5.74) is 3.01. The number of fused-ring (bicyclic) bond motifs is 2. The third-order valence-electron chi connectivity index (χ3n) is 3.64. The van der Waals surface area contributed by atoms with Crippen LogP contribution < -0.4 is 0 Å². The Morgan fingerprint density at radius 1 is 1.09 bits per heavy atom. The first-order valence-electron chi connectivity index (χ1n) is 7.33. The average molecular weight is 343 g/mol. The van der Waals surface area contributed by atoms with Gasteiger partial charge in [0.25, 0.3) is 0 Å². The van der Waals surface area contributed by atoms with E-state index in [1.165, 1.54) is 4.70 Å². The lowest BCUT2D eigenvalue weighted by Crippen LogP contribution is -2.17. The van der Waals surface area contributed by atoms with Crippen LogP contribution in [0.1, 0.15) is 10.7 Å². The second-order valence-electron chi connectivity index (χ2n) is 5.59. The third-order valence-corrected chi connectivity index (χ3v) is 4.88. The summed E-state index contributed by atoms with van der Waals surface area (Å²) in [5.74, 6) is 0. The number of para-hydroxylation sites is 1. The molecule has 6 heteroatoms. The highest BCUT2D eigenvalue weighted by Crippen LogP contribution is 2.22. The first-order valence-corrected chi connectivity index (χ1v) is 8.53. The van der Waals surface area contributed by atoms with Crippen LogP contribution in [0.4, 0.5) is 0 Å². The summed E-state index contributed by atoms with van der Waals surface area (Å²) in [6.45, 7) is 1.59. The van der Waals surface area contributed by atoms with E-state index in [-0.39, 0.29) is 0 Å². The van der Waals surface area contributed by atoms with E-state index < -0.39 is 0 Å². The highest BCUT2D eigenvalue weighted by Gasteiger charge is 2.09. The molecule has 4 rings (SSSR count). The molecular formula is C17H15ClN4S. The van der Waals surface area contributed by atoms with Gasteiger partial charge in [0, 0.05) is 18.9 Å². The van der Waals surface area contributed by atoms with Gasteiger partial charge < -0.3 is 4.40 Å². The zero-order valence-corrected chi connectivity index (χ0v) is 14.2. The number of benzene rings is 1. The molecule has 1 aromatic carbocycles. The van der Waals surface area contributed by atoms with Gasteiger partial charge in [-0.15, -0.1) is 11.3 Å². The third kappa shape index (κ3) is 3.08. The van der Waals surface area contributed by atoms with Crippen molar-refractivity contribution in [3.63, 3.8) is 0 Å². The smallest absolute Gasteiger partial charge is 0.137 e. The van der Waals surface area contributed by atoms with Crippen LogP contribution in [-0.2, 0) is 13.1 Å². The van der Waals surface area contributed by atoms with Gasteiger partial charge in [-0.3, -0.25) is 4.90 Å². The molecule has 0 aliphatic carbocycles. The second kappa shape index (κ2) is 5.92. The summed E-state index contributed by atoms with van der Waals surface area (Å²) >= 11 is 7.76. The van der Waals surface area contributed by atoms with E-state index in [1.807, 2.05) is 35.0 Å². The van der Waals surface area contributed by atoms with Crippen LogP contribution in [0.15, 0.2) is 48.8 Å². The second-order valence-corrected chi connectivity index (χ2v) is 7.14. The van der Waals surface area contributed by atoms with Crippen LogP contribution in [0.25, 0.3) is 15.9 Å². The fourth-order valence-electron chi connectivity index (χ4n) is 2.64. The zero-order valence-electron chi connectivity index (χ0n) is 12.6. The Balaban J connectivity index is 1.50. The molecule has 23 heavy (non-hydrogen) atoms. The minimum absolute atomic E-state index is 0.712. The Morgan fingerprint density at radius 2 is 1.96 bits per heavy atom. The van der Waals surface area contributed by atoms with E-state index >= 15 is 0 Å². The molecule has 0 atom stereocenters. The van der Waals surface area contributed by atoms with Crippen molar-refractivity contribution < 1.29 is 0 Å². The fraction of sp³-hybridized carbons (Fsp3) is 0.176. The highest BCUT2D eigenvalue weighted by atomic mass is 35.5. The number of rotatable bonds is 4. The van der Waals surface area contributed by atoms with Gasteiger partial charge in [0.2, 0.25) is 0 Å². The van der Waals surface area contributed by atoms with Crippen molar-refractivity contribution in [3.8, 4) is 0 Å². The van der Waals surface area contributed by atoms with Crippen LogP contribution in [0.2, 0.25) is 5.02 Å². The van der Waals surface area contributed by atoms with E-state index in [2.05, 4.69) is 40.1 Å². The summed E-state index contributed by atoms with van der Waals surface area (Å²) < 4.78 is 3.20. The molecule has 0 saturated heterocycles. The quantitative estimate of drug-likeness (QED) is 0.556. The number of aromatic nitrogens is 3. The molecule has 3 aromatic heterocycles. The van der Waals surface area contributed by atoms with E-state index in [1.54, 1.807) is 11.3 Å². The summed E-state index contributed by atoms with van der Waals surface area (Å²) in [7, 11) is 2.09. The molecule has 0 aliphatic heterocycles. The summed E-state index contributed by atoms with van der Waals surface area (Å²) in [5, 5.41) is 1.84. The first kappa shape index (κ1) is 14.6. The molecule has 4 aromatic rings. The predicted molar refractivity (Wildman–Crippen MR) is 95.0 cm³/mol. The lowest BCUT2D eigenvalue weighted by atomic mass is 10.3. The maximum absolute atomic E-state index is 6.01. The molecule has 4 nitrogen and oxygen atoms in total. The van der Waals surface area contributed by atoms with Crippen molar-refractivity contribution in [1.82, 2.24) is 19.3 Å². The molecule has 0 aliphatic rings.